The number of hydrogen-bond acceptors (Lipinski definition) is 3. The van der Waals surface area contributed by atoms with Crippen molar-refractivity contribution in [3.05, 3.63) is 120 Å². The van der Waals surface area contributed by atoms with Crippen LogP contribution in [0.25, 0.3) is 22.6 Å². The van der Waals surface area contributed by atoms with Gasteiger partial charge in [-0.2, -0.15) is 0 Å². The van der Waals surface area contributed by atoms with Crippen LogP contribution < -0.4 is 5.32 Å². The highest BCUT2D eigenvalue weighted by molar-refractivity contribution is 6.00. The number of nitrogens with zero attached hydrogens (tertiary/aromatic N) is 1. The van der Waals surface area contributed by atoms with Gasteiger partial charge in [-0.05, 0) is 47.9 Å². The zero-order valence-electron chi connectivity index (χ0n) is 17.7. The van der Waals surface area contributed by atoms with Crippen molar-refractivity contribution in [2.24, 2.45) is 0 Å². The van der Waals surface area contributed by atoms with Gasteiger partial charge in [0.25, 0.3) is 0 Å². The summed E-state index contributed by atoms with van der Waals surface area (Å²) in [6.45, 7) is 2.02. The SMILES string of the molecule is Cc1ccc2oc(-c3ccccc3NC(=O)C(c3ccccc3)c3ccccc3)nc2c1. The highest BCUT2D eigenvalue weighted by atomic mass is 16.3. The van der Waals surface area contributed by atoms with Gasteiger partial charge in [-0.25, -0.2) is 4.98 Å². The summed E-state index contributed by atoms with van der Waals surface area (Å²) < 4.78 is 6.00. The minimum atomic E-state index is -0.434. The number of benzene rings is 4. The van der Waals surface area contributed by atoms with Crippen molar-refractivity contribution < 1.29 is 9.21 Å². The molecule has 0 bridgehead atoms. The second-order valence-corrected chi connectivity index (χ2v) is 7.78. The van der Waals surface area contributed by atoms with Crippen molar-refractivity contribution in [1.29, 1.82) is 0 Å². The summed E-state index contributed by atoms with van der Waals surface area (Å²) in [6.07, 6.45) is 0. The van der Waals surface area contributed by atoms with Gasteiger partial charge < -0.3 is 9.73 Å². The molecule has 5 rings (SSSR count). The van der Waals surface area contributed by atoms with Crippen molar-refractivity contribution in [3.8, 4) is 11.5 Å². The Kier molecular flexibility index (Phi) is 5.26. The number of nitrogens with one attached hydrogen (secondary N) is 1. The molecule has 0 spiro atoms. The first-order chi connectivity index (χ1) is 15.7. The number of aromatic nitrogens is 1. The molecule has 5 aromatic rings. The minimum Gasteiger partial charge on any atom is -0.436 e. The average molecular weight is 418 g/mol. The minimum absolute atomic E-state index is 0.109. The van der Waals surface area contributed by atoms with Crippen molar-refractivity contribution in [2.45, 2.75) is 12.8 Å². The molecule has 32 heavy (non-hydrogen) atoms. The molecular formula is C28H22N2O2. The number of rotatable bonds is 5. The van der Waals surface area contributed by atoms with E-state index in [0.29, 0.717) is 11.6 Å². The van der Waals surface area contributed by atoms with Crippen LogP contribution in [0.1, 0.15) is 22.6 Å². The molecule has 0 aliphatic heterocycles. The van der Waals surface area contributed by atoms with Crippen molar-refractivity contribution in [3.63, 3.8) is 0 Å². The molecule has 1 heterocycles. The number of para-hydroxylation sites is 1. The molecule has 1 aromatic heterocycles. The predicted octanol–water partition coefficient (Wildman–Crippen LogP) is 6.57. The van der Waals surface area contributed by atoms with Crippen LogP contribution >= 0.6 is 0 Å². The fourth-order valence-corrected chi connectivity index (χ4v) is 3.92. The number of carbonyl (C=O) groups is 1. The van der Waals surface area contributed by atoms with Crippen LogP contribution in [0.5, 0.6) is 0 Å². The fraction of sp³-hybridized carbons (Fsp3) is 0.0714. The second kappa shape index (κ2) is 8.52. The van der Waals surface area contributed by atoms with Crippen LogP contribution in [0.3, 0.4) is 0 Å². The molecule has 0 saturated heterocycles. The van der Waals surface area contributed by atoms with Gasteiger partial charge in [-0.15, -0.1) is 0 Å². The van der Waals surface area contributed by atoms with Crippen molar-refractivity contribution >= 4 is 22.7 Å². The Morgan fingerprint density at radius 2 is 1.44 bits per heavy atom. The van der Waals surface area contributed by atoms with E-state index in [1.165, 1.54) is 0 Å². The van der Waals surface area contributed by atoms with Gasteiger partial charge in [0.05, 0.1) is 17.2 Å². The third-order valence-corrected chi connectivity index (χ3v) is 5.49. The van der Waals surface area contributed by atoms with E-state index in [1.54, 1.807) is 0 Å². The smallest absolute Gasteiger partial charge is 0.236 e. The molecule has 4 nitrogen and oxygen atoms in total. The van der Waals surface area contributed by atoms with Gasteiger partial charge in [0.15, 0.2) is 5.58 Å². The third-order valence-electron chi connectivity index (χ3n) is 5.49. The summed E-state index contributed by atoms with van der Waals surface area (Å²) in [5.41, 5.74) is 5.92. The summed E-state index contributed by atoms with van der Waals surface area (Å²) in [4.78, 5) is 18.2. The van der Waals surface area contributed by atoms with Gasteiger partial charge in [0, 0.05) is 0 Å². The molecule has 0 aliphatic rings. The van der Waals surface area contributed by atoms with Gasteiger partial charge in [-0.3, -0.25) is 4.79 Å². The lowest BCUT2D eigenvalue weighted by Crippen LogP contribution is -2.22. The molecule has 0 atom stereocenters. The highest BCUT2D eigenvalue weighted by Gasteiger charge is 2.24. The molecule has 0 unspecified atom stereocenters. The Morgan fingerprint density at radius 1 is 0.812 bits per heavy atom. The first-order valence-corrected chi connectivity index (χ1v) is 10.6. The van der Waals surface area contributed by atoms with Crippen LogP contribution in [-0.2, 0) is 4.79 Å². The second-order valence-electron chi connectivity index (χ2n) is 7.78. The van der Waals surface area contributed by atoms with Crippen LogP contribution in [0.2, 0.25) is 0 Å². The van der Waals surface area contributed by atoms with Gasteiger partial charge in [0.2, 0.25) is 11.8 Å². The van der Waals surface area contributed by atoms with E-state index in [2.05, 4.69) is 10.3 Å². The largest absolute Gasteiger partial charge is 0.436 e. The van der Waals surface area contributed by atoms with Crippen LogP contribution in [0.15, 0.2) is 108 Å². The first kappa shape index (κ1) is 19.8. The topological polar surface area (TPSA) is 55.1 Å². The summed E-state index contributed by atoms with van der Waals surface area (Å²) in [5, 5.41) is 3.12. The standard InChI is InChI=1S/C28H22N2O2/c1-19-16-17-25-24(18-19)30-28(32-25)22-14-8-9-15-23(22)29-27(31)26(20-10-4-2-5-11-20)21-12-6-3-7-13-21/h2-18,26H,1H3,(H,29,31). The molecule has 0 fully saturated rings. The number of carbonyl (C=O) groups excluding carboxylic acids is 1. The molecule has 156 valence electrons. The maximum absolute atomic E-state index is 13.6. The first-order valence-electron chi connectivity index (χ1n) is 10.6. The Bertz CT molecular complexity index is 1340. The summed E-state index contributed by atoms with van der Waals surface area (Å²) >= 11 is 0. The monoisotopic (exact) mass is 418 g/mol. The Balaban J connectivity index is 1.52. The van der Waals surface area contributed by atoms with E-state index in [-0.39, 0.29) is 5.91 Å². The lowest BCUT2D eigenvalue weighted by Gasteiger charge is -2.19. The molecule has 0 radical (unpaired) electrons. The molecule has 4 aromatic carbocycles. The van der Waals surface area contributed by atoms with Gasteiger partial charge >= 0.3 is 0 Å². The fourth-order valence-electron chi connectivity index (χ4n) is 3.92. The molecule has 4 heteroatoms. The van der Waals surface area contributed by atoms with E-state index in [9.17, 15) is 4.79 Å². The molecule has 0 saturated carbocycles. The quantitative estimate of drug-likeness (QED) is 0.351. The molecular weight excluding hydrogens is 396 g/mol. The summed E-state index contributed by atoms with van der Waals surface area (Å²) in [5.74, 6) is -0.0592. The molecule has 1 amide bonds. The van der Waals surface area contributed by atoms with E-state index >= 15 is 0 Å². The number of amides is 1. The summed E-state index contributed by atoms with van der Waals surface area (Å²) in [6, 6.07) is 33.1. The Morgan fingerprint density at radius 3 is 2.12 bits per heavy atom. The van der Waals surface area contributed by atoms with E-state index in [1.807, 2.05) is 110 Å². The molecule has 0 aliphatic carbocycles. The maximum Gasteiger partial charge on any atom is 0.236 e. The normalized spacial score (nSPS) is 11.1. The third kappa shape index (κ3) is 3.91. The zero-order valence-corrected chi connectivity index (χ0v) is 17.7. The van der Waals surface area contributed by atoms with Gasteiger partial charge in [-0.1, -0.05) is 78.9 Å². The van der Waals surface area contributed by atoms with Crippen LogP contribution in [0, 0.1) is 6.92 Å². The Labute approximate surface area is 186 Å². The maximum atomic E-state index is 13.6. The van der Waals surface area contributed by atoms with Crippen LogP contribution in [0.4, 0.5) is 5.69 Å². The highest BCUT2D eigenvalue weighted by Crippen LogP contribution is 2.32. The van der Waals surface area contributed by atoms with Crippen LogP contribution in [-0.4, -0.2) is 10.9 Å². The van der Waals surface area contributed by atoms with Crippen molar-refractivity contribution in [1.82, 2.24) is 4.98 Å². The predicted molar refractivity (Wildman–Crippen MR) is 128 cm³/mol. The summed E-state index contributed by atoms with van der Waals surface area (Å²) in [7, 11) is 0. The lowest BCUT2D eigenvalue weighted by molar-refractivity contribution is -0.116. The average Bonchev–Trinajstić information content (AvgIpc) is 3.24. The number of oxazole rings is 1. The number of fused-ring (bicyclic) bond motifs is 1. The zero-order chi connectivity index (χ0) is 21.9. The van der Waals surface area contributed by atoms with Gasteiger partial charge in [0.1, 0.15) is 5.52 Å². The lowest BCUT2D eigenvalue weighted by atomic mass is 9.90. The Hall–Kier alpha value is -4.18. The number of anilines is 1. The molecule has 1 N–H and O–H groups in total. The number of aryl methyl sites for hydroxylation is 1. The van der Waals surface area contributed by atoms with E-state index in [0.717, 1.165) is 33.4 Å². The number of hydrogen-bond donors (Lipinski definition) is 1. The van der Waals surface area contributed by atoms with E-state index < -0.39 is 5.92 Å². The van der Waals surface area contributed by atoms with Crippen molar-refractivity contribution in [2.75, 3.05) is 5.32 Å². The van der Waals surface area contributed by atoms with E-state index in [4.69, 9.17) is 4.42 Å².